The van der Waals surface area contributed by atoms with E-state index in [1.807, 2.05) is 30.3 Å². The van der Waals surface area contributed by atoms with Gasteiger partial charge in [0.1, 0.15) is 0 Å². The Hall–Kier alpha value is -1.80. The average molecular weight is 226 g/mol. The van der Waals surface area contributed by atoms with Crippen LogP contribution in [0.2, 0.25) is 0 Å². The summed E-state index contributed by atoms with van der Waals surface area (Å²) in [6.07, 6.45) is 4.00. The normalized spacial score (nSPS) is 13.4. The Labute approximate surface area is 104 Å². The van der Waals surface area contributed by atoms with Crippen LogP contribution in [0.4, 0.5) is 0 Å². The first-order chi connectivity index (χ1) is 8.29. The zero-order valence-corrected chi connectivity index (χ0v) is 10.3. The van der Waals surface area contributed by atoms with Crippen LogP contribution in [0.5, 0.6) is 0 Å². The topological polar surface area (TPSA) is 47.6 Å². The van der Waals surface area contributed by atoms with Crippen LogP contribution in [0.25, 0.3) is 0 Å². The minimum Gasteiger partial charge on any atom is -0.198 e. The van der Waals surface area contributed by atoms with E-state index in [1.165, 1.54) is 0 Å². The smallest absolute Gasteiger partial charge is 0.0832 e. The summed E-state index contributed by atoms with van der Waals surface area (Å²) in [5, 5.41) is 18.3. The molecule has 0 heterocycles. The highest BCUT2D eigenvalue weighted by Crippen LogP contribution is 2.34. The summed E-state index contributed by atoms with van der Waals surface area (Å²) in [4.78, 5) is 0. The van der Waals surface area contributed by atoms with Crippen LogP contribution in [-0.2, 0) is 5.41 Å². The summed E-state index contributed by atoms with van der Waals surface area (Å²) >= 11 is 0. The van der Waals surface area contributed by atoms with Crippen molar-refractivity contribution in [1.29, 1.82) is 10.5 Å². The summed E-state index contributed by atoms with van der Waals surface area (Å²) in [6.45, 7) is 2.12. The minimum absolute atomic E-state index is 0.437. The van der Waals surface area contributed by atoms with Crippen LogP contribution >= 0.6 is 0 Å². The molecule has 0 saturated carbocycles. The summed E-state index contributed by atoms with van der Waals surface area (Å²) in [7, 11) is 0. The standard InChI is InChI=1S/C15H18N2/c1-2-3-10-15(13-17,11-7-12-16)14-8-5-4-6-9-14/h4-6,8-9H,2-3,7,10-11H2,1H3/t15-/m0/s1. The van der Waals surface area contributed by atoms with Gasteiger partial charge in [0, 0.05) is 6.42 Å². The first-order valence-electron chi connectivity index (χ1n) is 6.13. The van der Waals surface area contributed by atoms with Gasteiger partial charge in [-0.1, -0.05) is 50.1 Å². The van der Waals surface area contributed by atoms with Crippen molar-refractivity contribution in [1.82, 2.24) is 0 Å². The molecule has 0 bridgehead atoms. The van der Waals surface area contributed by atoms with Gasteiger partial charge in [-0.15, -0.1) is 0 Å². The predicted molar refractivity (Wildman–Crippen MR) is 68.1 cm³/mol. The molecule has 88 valence electrons. The maximum Gasteiger partial charge on any atom is 0.0832 e. The van der Waals surface area contributed by atoms with Crippen LogP contribution in [-0.4, -0.2) is 0 Å². The first-order valence-corrected chi connectivity index (χ1v) is 6.13. The van der Waals surface area contributed by atoms with Crippen molar-refractivity contribution in [2.75, 3.05) is 0 Å². The summed E-state index contributed by atoms with van der Waals surface area (Å²) in [5.74, 6) is 0. The summed E-state index contributed by atoms with van der Waals surface area (Å²) in [6, 6.07) is 14.5. The molecule has 1 aromatic carbocycles. The second-order valence-electron chi connectivity index (χ2n) is 4.32. The number of benzene rings is 1. The van der Waals surface area contributed by atoms with E-state index in [1.54, 1.807) is 0 Å². The van der Waals surface area contributed by atoms with Gasteiger partial charge in [0.25, 0.3) is 0 Å². The van der Waals surface area contributed by atoms with Gasteiger partial charge in [-0.25, -0.2) is 0 Å². The molecule has 2 heteroatoms. The van der Waals surface area contributed by atoms with Crippen molar-refractivity contribution in [3.05, 3.63) is 35.9 Å². The van der Waals surface area contributed by atoms with Crippen molar-refractivity contribution in [2.24, 2.45) is 0 Å². The van der Waals surface area contributed by atoms with Crippen molar-refractivity contribution < 1.29 is 0 Å². The largest absolute Gasteiger partial charge is 0.198 e. The van der Waals surface area contributed by atoms with Gasteiger partial charge in [0.2, 0.25) is 0 Å². The molecule has 0 unspecified atom stereocenters. The minimum atomic E-state index is -0.479. The molecule has 1 aromatic rings. The first kappa shape index (κ1) is 13.3. The number of rotatable bonds is 6. The number of hydrogen-bond acceptors (Lipinski definition) is 2. The highest BCUT2D eigenvalue weighted by molar-refractivity contribution is 5.32. The van der Waals surface area contributed by atoms with Gasteiger partial charge in [0.15, 0.2) is 0 Å². The average Bonchev–Trinajstić information content (AvgIpc) is 2.41. The molecule has 0 aliphatic carbocycles. The lowest BCUT2D eigenvalue weighted by Gasteiger charge is -2.26. The number of nitriles is 2. The number of hydrogen-bond donors (Lipinski definition) is 0. The molecule has 0 fully saturated rings. The molecule has 0 spiro atoms. The second kappa shape index (κ2) is 6.71. The summed E-state index contributed by atoms with van der Waals surface area (Å²) in [5.41, 5.74) is 0.568. The third-order valence-electron chi connectivity index (χ3n) is 3.16. The molecular weight excluding hydrogens is 208 g/mol. The van der Waals surface area contributed by atoms with Gasteiger partial charge >= 0.3 is 0 Å². The monoisotopic (exact) mass is 226 g/mol. The molecule has 1 atom stereocenters. The van der Waals surface area contributed by atoms with E-state index in [4.69, 9.17) is 5.26 Å². The third-order valence-corrected chi connectivity index (χ3v) is 3.16. The van der Waals surface area contributed by atoms with E-state index in [-0.39, 0.29) is 0 Å². The number of unbranched alkanes of at least 4 members (excludes halogenated alkanes) is 1. The van der Waals surface area contributed by atoms with E-state index in [0.29, 0.717) is 12.8 Å². The van der Waals surface area contributed by atoms with E-state index in [0.717, 1.165) is 24.8 Å². The zero-order valence-electron chi connectivity index (χ0n) is 10.3. The predicted octanol–water partition coefficient (Wildman–Crippen LogP) is 3.94. The van der Waals surface area contributed by atoms with Gasteiger partial charge in [-0.05, 0) is 18.4 Å². The molecule has 2 nitrogen and oxygen atoms in total. The fourth-order valence-electron chi connectivity index (χ4n) is 2.10. The van der Waals surface area contributed by atoms with Crippen molar-refractivity contribution in [2.45, 2.75) is 44.4 Å². The van der Waals surface area contributed by atoms with E-state index in [2.05, 4.69) is 19.1 Å². The molecule has 0 aromatic heterocycles. The Morgan fingerprint density at radius 2 is 1.82 bits per heavy atom. The van der Waals surface area contributed by atoms with Crippen LogP contribution in [0.1, 0.15) is 44.6 Å². The molecular formula is C15H18N2. The Morgan fingerprint density at radius 1 is 1.12 bits per heavy atom. The fraction of sp³-hybridized carbons (Fsp3) is 0.467. The number of nitrogens with zero attached hydrogens (tertiary/aromatic N) is 2. The van der Waals surface area contributed by atoms with Gasteiger partial charge in [0.05, 0.1) is 17.6 Å². The van der Waals surface area contributed by atoms with Crippen LogP contribution in [0.15, 0.2) is 30.3 Å². The maximum absolute atomic E-state index is 9.52. The fourth-order valence-corrected chi connectivity index (χ4v) is 2.10. The Balaban J connectivity index is 2.99. The zero-order chi connectivity index (χ0) is 12.6. The second-order valence-corrected chi connectivity index (χ2v) is 4.32. The van der Waals surface area contributed by atoms with E-state index < -0.39 is 5.41 Å². The lowest BCUT2D eigenvalue weighted by molar-refractivity contribution is 0.451. The lowest BCUT2D eigenvalue weighted by atomic mass is 9.74. The van der Waals surface area contributed by atoms with Crippen LogP contribution in [0, 0.1) is 22.7 Å². The van der Waals surface area contributed by atoms with Gasteiger partial charge in [-0.3, -0.25) is 0 Å². The highest BCUT2D eigenvalue weighted by atomic mass is 14.4. The third kappa shape index (κ3) is 3.33. The molecule has 0 N–H and O–H groups in total. The Kier molecular flexibility index (Phi) is 5.24. The molecule has 17 heavy (non-hydrogen) atoms. The van der Waals surface area contributed by atoms with E-state index >= 15 is 0 Å². The summed E-state index contributed by atoms with van der Waals surface area (Å²) < 4.78 is 0. The molecule has 0 radical (unpaired) electrons. The molecule has 0 aliphatic heterocycles. The van der Waals surface area contributed by atoms with Crippen LogP contribution in [0.3, 0.4) is 0 Å². The SMILES string of the molecule is CCCC[C@@](C#N)(CCC#N)c1ccccc1. The van der Waals surface area contributed by atoms with Crippen molar-refractivity contribution in [3.63, 3.8) is 0 Å². The molecule has 0 aliphatic rings. The van der Waals surface area contributed by atoms with E-state index in [9.17, 15) is 5.26 Å². The Morgan fingerprint density at radius 3 is 2.35 bits per heavy atom. The lowest BCUT2D eigenvalue weighted by Crippen LogP contribution is -2.24. The molecule has 0 saturated heterocycles. The Bertz CT molecular complexity index is 411. The van der Waals surface area contributed by atoms with Gasteiger partial charge in [-0.2, -0.15) is 10.5 Å². The highest BCUT2D eigenvalue weighted by Gasteiger charge is 2.30. The molecule has 0 amide bonds. The van der Waals surface area contributed by atoms with Crippen LogP contribution < -0.4 is 0 Å². The van der Waals surface area contributed by atoms with Crippen molar-refractivity contribution in [3.8, 4) is 12.1 Å². The molecule has 1 rings (SSSR count). The quantitative estimate of drug-likeness (QED) is 0.737. The van der Waals surface area contributed by atoms with Crippen molar-refractivity contribution >= 4 is 0 Å². The maximum atomic E-state index is 9.52. The van der Waals surface area contributed by atoms with Gasteiger partial charge < -0.3 is 0 Å².